The van der Waals surface area contributed by atoms with Crippen LogP contribution in [0.4, 0.5) is 10.5 Å². The average molecular weight is 314 g/mol. The standard InChI is InChI=1S/C16H18N4O3/c1-10-9-20(7-6-14(10)21)16(22)18-13-5-3-4-12(8-13)15-17-11(2)23-19-15/h3-5,8,10H,6-7,9H2,1-2H3,(H,18,22)/t10-/m0/s1. The van der Waals surface area contributed by atoms with Gasteiger partial charge in [-0.15, -0.1) is 0 Å². The summed E-state index contributed by atoms with van der Waals surface area (Å²) in [5.41, 5.74) is 1.42. The van der Waals surface area contributed by atoms with E-state index in [0.29, 0.717) is 36.9 Å². The van der Waals surface area contributed by atoms with Gasteiger partial charge in [0.05, 0.1) is 0 Å². The van der Waals surface area contributed by atoms with Crippen molar-refractivity contribution in [3.8, 4) is 11.4 Å². The van der Waals surface area contributed by atoms with E-state index in [-0.39, 0.29) is 17.7 Å². The van der Waals surface area contributed by atoms with Crippen LogP contribution >= 0.6 is 0 Å². The molecule has 0 saturated carbocycles. The van der Waals surface area contributed by atoms with Crippen LogP contribution in [0.2, 0.25) is 0 Å². The van der Waals surface area contributed by atoms with E-state index in [1.54, 1.807) is 24.0 Å². The molecule has 120 valence electrons. The molecule has 1 aromatic heterocycles. The normalized spacial score (nSPS) is 18.1. The predicted octanol–water partition coefficient (Wildman–Crippen LogP) is 2.49. The van der Waals surface area contributed by atoms with Crippen LogP contribution < -0.4 is 5.32 Å². The number of hydrogen-bond acceptors (Lipinski definition) is 5. The highest BCUT2D eigenvalue weighted by Gasteiger charge is 2.26. The zero-order valence-electron chi connectivity index (χ0n) is 13.1. The number of likely N-dealkylation sites (tertiary alicyclic amines) is 1. The first kappa shape index (κ1) is 15.2. The molecular weight excluding hydrogens is 296 g/mol. The second kappa shape index (κ2) is 6.20. The molecule has 1 aromatic carbocycles. The quantitative estimate of drug-likeness (QED) is 0.920. The van der Waals surface area contributed by atoms with Crippen molar-refractivity contribution in [3.63, 3.8) is 0 Å². The van der Waals surface area contributed by atoms with Crippen molar-refractivity contribution in [1.82, 2.24) is 15.0 Å². The van der Waals surface area contributed by atoms with Gasteiger partial charge in [-0.3, -0.25) is 4.79 Å². The summed E-state index contributed by atoms with van der Waals surface area (Å²) >= 11 is 0. The number of anilines is 1. The molecule has 7 nitrogen and oxygen atoms in total. The molecule has 2 heterocycles. The summed E-state index contributed by atoms with van der Waals surface area (Å²) in [6, 6.07) is 7.06. The van der Waals surface area contributed by atoms with Crippen LogP contribution in [0.3, 0.4) is 0 Å². The molecule has 0 bridgehead atoms. The molecule has 1 aliphatic heterocycles. The molecule has 2 amide bonds. The number of ketones is 1. The fraction of sp³-hybridized carbons (Fsp3) is 0.375. The van der Waals surface area contributed by atoms with Crippen molar-refractivity contribution in [3.05, 3.63) is 30.2 Å². The molecule has 1 fully saturated rings. The van der Waals surface area contributed by atoms with Crippen molar-refractivity contribution in [2.75, 3.05) is 18.4 Å². The minimum absolute atomic E-state index is 0.108. The number of carbonyl (C=O) groups excluding carboxylic acids is 2. The molecule has 3 rings (SSSR count). The summed E-state index contributed by atoms with van der Waals surface area (Å²) in [4.78, 5) is 29.7. The summed E-state index contributed by atoms with van der Waals surface area (Å²) in [5.74, 6) is 1.07. The van der Waals surface area contributed by atoms with Crippen molar-refractivity contribution in [2.45, 2.75) is 20.3 Å². The number of nitrogens with zero attached hydrogens (tertiary/aromatic N) is 3. The Labute approximate surface area is 133 Å². The molecule has 2 aromatic rings. The molecule has 1 atom stereocenters. The number of hydrogen-bond donors (Lipinski definition) is 1. The van der Waals surface area contributed by atoms with Crippen molar-refractivity contribution < 1.29 is 14.1 Å². The third-order valence-corrected chi connectivity index (χ3v) is 3.86. The number of urea groups is 1. The first-order valence-corrected chi connectivity index (χ1v) is 7.52. The number of carbonyl (C=O) groups is 2. The summed E-state index contributed by atoms with van der Waals surface area (Å²) in [6.07, 6.45) is 0.413. The van der Waals surface area contributed by atoms with Crippen molar-refractivity contribution in [1.29, 1.82) is 0 Å². The smallest absolute Gasteiger partial charge is 0.321 e. The number of rotatable bonds is 2. The third kappa shape index (κ3) is 3.39. The molecule has 0 unspecified atom stereocenters. The molecule has 0 radical (unpaired) electrons. The van der Waals surface area contributed by atoms with Gasteiger partial charge in [0, 0.05) is 43.6 Å². The number of Topliss-reactive ketones (excluding diaryl/α,β-unsaturated/α-hetero) is 1. The van der Waals surface area contributed by atoms with Gasteiger partial charge in [-0.1, -0.05) is 24.2 Å². The topological polar surface area (TPSA) is 88.3 Å². The second-order valence-corrected chi connectivity index (χ2v) is 5.71. The lowest BCUT2D eigenvalue weighted by Crippen LogP contribution is -2.45. The van der Waals surface area contributed by atoms with Gasteiger partial charge in [-0.2, -0.15) is 4.98 Å². The zero-order chi connectivity index (χ0) is 16.4. The third-order valence-electron chi connectivity index (χ3n) is 3.86. The van der Waals surface area contributed by atoms with Crippen molar-refractivity contribution >= 4 is 17.5 Å². The van der Waals surface area contributed by atoms with Crippen molar-refractivity contribution in [2.24, 2.45) is 5.92 Å². The van der Waals surface area contributed by atoms with Crippen LogP contribution in [0, 0.1) is 12.8 Å². The molecular formula is C16H18N4O3. The highest BCUT2D eigenvalue weighted by Crippen LogP contribution is 2.21. The van der Waals surface area contributed by atoms with Gasteiger partial charge in [-0.05, 0) is 12.1 Å². The molecule has 1 N–H and O–H groups in total. The van der Waals surface area contributed by atoms with E-state index in [2.05, 4.69) is 15.5 Å². The Morgan fingerprint density at radius 2 is 2.26 bits per heavy atom. The molecule has 0 aliphatic carbocycles. The number of benzene rings is 1. The number of aromatic nitrogens is 2. The Hall–Kier alpha value is -2.70. The zero-order valence-corrected chi connectivity index (χ0v) is 13.1. The molecule has 7 heteroatoms. The van der Waals surface area contributed by atoms with Gasteiger partial charge < -0.3 is 14.7 Å². The Morgan fingerprint density at radius 1 is 1.43 bits per heavy atom. The number of piperidine rings is 1. The first-order chi connectivity index (χ1) is 11.0. The highest BCUT2D eigenvalue weighted by atomic mass is 16.5. The minimum Gasteiger partial charge on any atom is -0.339 e. The molecule has 23 heavy (non-hydrogen) atoms. The van der Waals surface area contributed by atoms with Crippen LogP contribution in [0.15, 0.2) is 28.8 Å². The number of nitrogens with one attached hydrogen (secondary N) is 1. The summed E-state index contributed by atoms with van der Waals surface area (Å²) < 4.78 is 4.97. The van der Waals surface area contributed by atoms with Gasteiger partial charge in [0.1, 0.15) is 5.78 Å². The highest BCUT2D eigenvalue weighted by molar-refractivity contribution is 5.92. The lowest BCUT2D eigenvalue weighted by molar-refractivity contribution is -0.124. The average Bonchev–Trinajstić information content (AvgIpc) is 2.97. The van der Waals surface area contributed by atoms with Gasteiger partial charge in [-0.25, -0.2) is 4.79 Å². The van der Waals surface area contributed by atoms with Crippen LogP contribution in [0.1, 0.15) is 19.2 Å². The van der Waals surface area contributed by atoms with Crippen LogP contribution in [-0.4, -0.2) is 39.9 Å². The molecule has 0 spiro atoms. The van der Waals surface area contributed by atoms with E-state index in [1.165, 1.54) is 0 Å². The Kier molecular flexibility index (Phi) is 4.10. The van der Waals surface area contributed by atoms with Gasteiger partial charge >= 0.3 is 6.03 Å². The lowest BCUT2D eigenvalue weighted by atomic mass is 9.99. The van der Waals surface area contributed by atoms with E-state index in [1.807, 2.05) is 19.1 Å². The Bertz CT molecular complexity index is 740. The Balaban J connectivity index is 1.70. The first-order valence-electron chi connectivity index (χ1n) is 7.52. The van der Waals surface area contributed by atoms with Gasteiger partial charge in [0.2, 0.25) is 11.7 Å². The van der Waals surface area contributed by atoms with Gasteiger partial charge in [0.25, 0.3) is 0 Å². The Morgan fingerprint density at radius 3 is 2.96 bits per heavy atom. The fourth-order valence-corrected chi connectivity index (χ4v) is 2.55. The lowest BCUT2D eigenvalue weighted by Gasteiger charge is -2.30. The molecule has 1 saturated heterocycles. The number of aryl methyl sites for hydroxylation is 1. The number of amides is 2. The second-order valence-electron chi connectivity index (χ2n) is 5.71. The predicted molar refractivity (Wildman–Crippen MR) is 83.9 cm³/mol. The van der Waals surface area contributed by atoms with Gasteiger partial charge in [0.15, 0.2) is 0 Å². The maximum atomic E-state index is 12.3. The van der Waals surface area contributed by atoms with Crippen LogP contribution in [0.5, 0.6) is 0 Å². The summed E-state index contributed by atoms with van der Waals surface area (Å²) in [5, 5.41) is 6.72. The minimum atomic E-state index is -0.203. The van der Waals surface area contributed by atoms with E-state index >= 15 is 0 Å². The largest absolute Gasteiger partial charge is 0.339 e. The van der Waals surface area contributed by atoms with E-state index < -0.39 is 0 Å². The van der Waals surface area contributed by atoms with E-state index in [9.17, 15) is 9.59 Å². The summed E-state index contributed by atoms with van der Waals surface area (Å²) in [7, 11) is 0. The SMILES string of the molecule is Cc1nc(-c2cccc(NC(=O)N3CCC(=O)[C@@H](C)C3)c2)no1. The fourth-order valence-electron chi connectivity index (χ4n) is 2.55. The van der Waals surface area contributed by atoms with E-state index in [4.69, 9.17) is 4.52 Å². The maximum Gasteiger partial charge on any atom is 0.321 e. The maximum absolute atomic E-state index is 12.3. The van der Waals surface area contributed by atoms with Crippen LogP contribution in [0.25, 0.3) is 11.4 Å². The van der Waals surface area contributed by atoms with Crippen LogP contribution in [-0.2, 0) is 4.79 Å². The molecule has 1 aliphatic rings. The monoisotopic (exact) mass is 314 g/mol. The van der Waals surface area contributed by atoms with E-state index in [0.717, 1.165) is 5.56 Å². The summed E-state index contributed by atoms with van der Waals surface area (Å²) in [6.45, 7) is 4.48.